The smallest absolute Gasteiger partial charge is 0.311 e. The number of carbonyl (C=O) groups is 2. The van der Waals surface area contributed by atoms with Gasteiger partial charge in [0.15, 0.2) is 0 Å². The van der Waals surface area contributed by atoms with Crippen molar-refractivity contribution in [2.45, 2.75) is 131 Å². The summed E-state index contributed by atoms with van der Waals surface area (Å²) in [4.78, 5) is 27.6. The summed E-state index contributed by atoms with van der Waals surface area (Å²) >= 11 is 0. The van der Waals surface area contributed by atoms with E-state index < -0.39 is 0 Å². The van der Waals surface area contributed by atoms with Crippen molar-refractivity contribution < 1.29 is 19.1 Å². The van der Waals surface area contributed by atoms with Gasteiger partial charge in [-0.3, -0.25) is 9.59 Å². The fourth-order valence-corrected chi connectivity index (χ4v) is 8.11. The lowest BCUT2D eigenvalue weighted by molar-refractivity contribution is -0.167. The van der Waals surface area contributed by atoms with E-state index in [1.165, 1.54) is 18.4 Å². The van der Waals surface area contributed by atoms with E-state index >= 15 is 0 Å². The highest BCUT2D eigenvalue weighted by atomic mass is 16.5. The Hall–Kier alpha value is -1.88. The standard InChI is InChI=1S/C36H57NO4/c1-23(2)29-17-15-25(5)19-32(29)40-34(38)21-28-13-10-14-31(37-22-27-11-8-7-9-12-27)35(28)36(39)41-33-20-26(6)16-18-30(33)24(3)4/h7-9,11-12,23-26,28-33,35,37H,10,13-22H2,1-6H3/t25-,26-,28-,29+,30+,31-,32-,33-,35-/m1/s1. The summed E-state index contributed by atoms with van der Waals surface area (Å²) in [7, 11) is 0. The molecular weight excluding hydrogens is 510 g/mol. The molecule has 0 amide bonds. The summed E-state index contributed by atoms with van der Waals surface area (Å²) in [6.07, 6.45) is 9.56. The van der Waals surface area contributed by atoms with Crippen molar-refractivity contribution >= 4 is 11.9 Å². The molecule has 0 bridgehead atoms. The number of hydrogen-bond acceptors (Lipinski definition) is 5. The fourth-order valence-electron chi connectivity index (χ4n) is 8.11. The number of ether oxygens (including phenoxy) is 2. The molecule has 4 rings (SSSR count). The van der Waals surface area contributed by atoms with Gasteiger partial charge in [-0.05, 0) is 85.5 Å². The van der Waals surface area contributed by atoms with Crippen molar-refractivity contribution in [3.05, 3.63) is 35.9 Å². The molecule has 0 heterocycles. The zero-order chi connectivity index (χ0) is 29.5. The van der Waals surface area contributed by atoms with Crippen molar-refractivity contribution in [1.29, 1.82) is 0 Å². The lowest BCUT2D eigenvalue weighted by Gasteiger charge is -2.41. The van der Waals surface area contributed by atoms with Crippen LogP contribution in [0.25, 0.3) is 0 Å². The molecule has 1 aromatic rings. The normalized spacial score (nSPS) is 34.4. The molecule has 0 aliphatic heterocycles. The SMILES string of the molecule is CC(C)[C@@H]1CC[C@@H](C)C[C@H]1OC(=O)C[C@H]1CCC[C@@H](NCc2ccccc2)[C@@H]1C(=O)O[C@@H]1C[C@H](C)CC[C@H]1C(C)C. The molecule has 41 heavy (non-hydrogen) atoms. The molecule has 0 aromatic heterocycles. The van der Waals surface area contributed by atoms with Gasteiger partial charge in [0.05, 0.1) is 5.92 Å². The number of rotatable bonds is 10. The summed E-state index contributed by atoms with van der Waals surface area (Å²) in [6.45, 7) is 14.2. The van der Waals surface area contributed by atoms with Gasteiger partial charge < -0.3 is 14.8 Å². The third-order valence-electron chi connectivity index (χ3n) is 10.6. The number of hydrogen-bond donors (Lipinski definition) is 1. The highest BCUT2D eigenvalue weighted by molar-refractivity contribution is 5.76. The molecule has 3 saturated carbocycles. The molecule has 5 heteroatoms. The van der Waals surface area contributed by atoms with E-state index in [1.54, 1.807) is 0 Å². The molecule has 230 valence electrons. The van der Waals surface area contributed by atoms with Gasteiger partial charge in [0, 0.05) is 19.0 Å². The van der Waals surface area contributed by atoms with Crippen molar-refractivity contribution in [2.75, 3.05) is 0 Å². The Morgan fingerprint density at radius 2 is 1.39 bits per heavy atom. The van der Waals surface area contributed by atoms with Crippen molar-refractivity contribution in [1.82, 2.24) is 5.32 Å². The molecule has 3 fully saturated rings. The molecule has 1 aromatic carbocycles. The molecule has 9 atom stereocenters. The monoisotopic (exact) mass is 567 g/mol. The van der Waals surface area contributed by atoms with Crippen LogP contribution in [0.4, 0.5) is 0 Å². The average molecular weight is 568 g/mol. The molecule has 5 nitrogen and oxygen atoms in total. The number of carbonyl (C=O) groups excluding carboxylic acids is 2. The first kappa shape index (κ1) is 32.0. The Labute approximate surface area is 249 Å². The van der Waals surface area contributed by atoms with E-state index in [-0.39, 0.29) is 42.0 Å². The van der Waals surface area contributed by atoms with Crippen LogP contribution in [0.5, 0.6) is 0 Å². The van der Waals surface area contributed by atoms with E-state index in [0.29, 0.717) is 48.5 Å². The lowest BCUT2D eigenvalue weighted by Crippen LogP contribution is -2.49. The maximum absolute atomic E-state index is 14.1. The Bertz CT molecular complexity index is 962. The number of nitrogens with one attached hydrogen (secondary N) is 1. The lowest BCUT2D eigenvalue weighted by atomic mass is 9.73. The van der Waals surface area contributed by atoms with E-state index in [2.05, 4.69) is 71.1 Å². The maximum Gasteiger partial charge on any atom is 0.311 e. The first-order chi connectivity index (χ1) is 19.6. The Morgan fingerprint density at radius 1 is 0.805 bits per heavy atom. The zero-order valence-corrected chi connectivity index (χ0v) is 26.6. The van der Waals surface area contributed by atoms with E-state index in [9.17, 15) is 9.59 Å². The molecular formula is C36H57NO4. The van der Waals surface area contributed by atoms with Crippen LogP contribution in [0.2, 0.25) is 0 Å². The Morgan fingerprint density at radius 3 is 1.98 bits per heavy atom. The molecule has 0 unspecified atom stereocenters. The quantitative estimate of drug-likeness (QED) is 0.291. The van der Waals surface area contributed by atoms with Gasteiger partial charge in [-0.1, -0.05) is 91.1 Å². The zero-order valence-electron chi connectivity index (χ0n) is 26.6. The van der Waals surface area contributed by atoms with Crippen LogP contribution in [-0.4, -0.2) is 30.2 Å². The van der Waals surface area contributed by atoms with E-state index in [1.807, 2.05) is 6.07 Å². The number of esters is 2. The molecule has 0 spiro atoms. The summed E-state index contributed by atoms with van der Waals surface area (Å²) in [5.74, 6) is 2.31. The highest BCUT2D eigenvalue weighted by Gasteiger charge is 2.43. The molecule has 1 N–H and O–H groups in total. The summed E-state index contributed by atoms with van der Waals surface area (Å²) in [5.41, 5.74) is 1.20. The van der Waals surface area contributed by atoms with Crippen molar-refractivity contribution in [2.24, 2.45) is 47.3 Å². The number of benzene rings is 1. The van der Waals surface area contributed by atoms with Gasteiger partial charge in [0.25, 0.3) is 0 Å². The average Bonchev–Trinajstić information content (AvgIpc) is 2.92. The second kappa shape index (κ2) is 15.0. The van der Waals surface area contributed by atoms with Gasteiger partial charge in [0.2, 0.25) is 0 Å². The van der Waals surface area contributed by atoms with Crippen LogP contribution in [0.1, 0.15) is 111 Å². The van der Waals surface area contributed by atoms with Crippen LogP contribution in [0, 0.1) is 47.3 Å². The minimum Gasteiger partial charge on any atom is -0.462 e. The van der Waals surface area contributed by atoms with Gasteiger partial charge in [-0.15, -0.1) is 0 Å². The summed E-state index contributed by atoms with van der Waals surface area (Å²) < 4.78 is 12.7. The van der Waals surface area contributed by atoms with Gasteiger partial charge in [-0.25, -0.2) is 0 Å². The predicted molar refractivity (Wildman–Crippen MR) is 165 cm³/mol. The fraction of sp³-hybridized carbons (Fsp3) is 0.778. The van der Waals surface area contributed by atoms with Crippen LogP contribution in [0.15, 0.2) is 30.3 Å². The first-order valence-electron chi connectivity index (χ1n) is 16.8. The van der Waals surface area contributed by atoms with Crippen molar-refractivity contribution in [3.8, 4) is 0 Å². The second-order valence-electron chi connectivity index (χ2n) is 14.5. The van der Waals surface area contributed by atoms with Crippen LogP contribution in [0.3, 0.4) is 0 Å². The third-order valence-corrected chi connectivity index (χ3v) is 10.6. The Balaban J connectivity index is 1.49. The largest absolute Gasteiger partial charge is 0.462 e. The van der Waals surface area contributed by atoms with Gasteiger partial charge in [-0.2, -0.15) is 0 Å². The summed E-state index contributed by atoms with van der Waals surface area (Å²) in [6, 6.07) is 10.4. The Kier molecular flexibility index (Phi) is 11.7. The second-order valence-corrected chi connectivity index (χ2v) is 14.5. The topological polar surface area (TPSA) is 64.6 Å². The molecule has 0 radical (unpaired) electrons. The van der Waals surface area contributed by atoms with E-state index in [0.717, 1.165) is 44.9 Å². The third kappa shape index (κ3) is 8.81. The highest BCUT2D eigenvalue weighted by Crippen LogP contribution is 2.40. The van der Waals surface area contributed by atoms with E-state index in [4.69, 9.17) is 9.47 Å². The molecule has 3 aliphatic rings. The predicted octanol–water partition coefficient (Wildman–Crippen LogP) is 7.96. The first-order valence-corrected chi connectivity index (χ1v) is 16.8. The van der Waals surface area contributed by atoms with Crippen LogP contribution >= 0.6 is 0 Å². The van der Waals surface area contributed by atoms with Gasteiger partial charge in [0.1, 0.15) is 12.2 Å². The van der Waals surface area contributed by atoms with Crippen LogP contribution in [-0.2, 0) is 25.6 Å². The molecule has 3 aliphatic carbocycles. The van der Waals surface area contributed by atoms with Crippen molar-refractivity contribution in [3.63, 3.8) is 0 Å². The minimum absolute atomic E-state index is 0.00844. The van der Waals surface area contributed by atoms with Crippen LogP contribution < -0.4 is 5.32 Å². The van der Waals surface area contributed by atoms with Gasteiger partial charge >= 0.3 is 11.9 Å². The molecule has 0 saturated heterocycles. The minimum atomic E-state index is -0.337. The maximum atomic E-state index is 14.1. The summed E-state index contributed by atoms with van der Waals surface area (Å²) in [5, 5.41) is 3.71.